The molecular weight excluding hydrogens is 562 g/mol. The average molecular weight is 610 g/mol. The van der Waals surface area contributed by atoms with Gasteiger partial charge >= 0.3 is 5.97 Å². The van der Waals surface area contributed by atoms with Gasteiger partial charge < -0.3 is 31.1 Å². The summed E-state index contributed by atoms with van der Waals surface area (Å²) in [5.41, 5.74) is 7.79. The maximum Gasteiger partial charge on any atom is 0.329 e. The SMILES string of the molecule is CCCCc1cnc(C)c(N[C@@H](CC(N)=O)C(=O)N[C@@H](Cc2ccccc2)C(O)C(=O)N2CCC[C@H]2C(=O)OC(C)(C)C)c1. The third-order valence-electron chi connectivity index (χ3n) is 7.49. The Morgan fingerprint density at radius 1 is 1.16 bits per heavy atom. The number of aromatic nitrogens is 1. The minimum Gasteiger partial charge on any atom is -0.458 e. The van der Waals surface area contributed by atoms with Crippen molar-refractivity contribution in [2.24, 2.45) is 5.73 Å². The van der Waals surface area contributed by atoms with Crippen LogP contribution in [-0.4, -0.2) is 75.1 Å². The number of hydrogen-bond donors (Lipinski definition) is 4. The number of aryl methyl sites for hydroxylation is 2. The lowest BCUT2D eigenvalue weighted by Crippen LogP contribution is -2.57. The molecule has 1 saturated heterocycles. The third-order valence-corrected chi connectivity index (χ3v) is 7.49. The number of pyridine rings is 1. The first kappa shape index (κ1) is 34.5. The van der Waals surface area contributed by atoms with Crippen molar-refractivity contribution in [3.63, 3.8) is 0 Å². The fourth-order valence-corrected chi connectivity index (χ4v) is 5.22. The van der Waals surface area contributed by atoms with Crippen LogP contribution in [0.1, 0.15) is 76.6 Å². The zero-order chi connectivity index (χ0) is 32.4. The molecule has 1 aliphatic heterocycles. The van der Waals surface area contributed by atoms with E-state index in [0.29, 0.717) is 24.2 Å². The Morgan fingerprint density at radius 3 is 2.50 bits per heavy atom. The summed E-state index contributed by atoms with van der Waals surface area (Å²) in [5.74, 6) is -2.52. The van der Waals surface area contributed by atoms with Gasteiger partial charge in [-0.2, -0.15) is 0 Å². The molecule has 2 heterocycles. The van der Waals surface area contributed by atoms with Crippen LogP contribution in [0.25, 0.3) is 0 Å². The van der Waals surface area contributed by atoms with Crippen molar-refractivity contribution in [2.75, 3.05) is 11.9 Å². The zero-order valence-corrected chi connectivity index (χ0v) is 26.5. The van der Waals surface area contributed by atoms with E-state index in [2.05, 4.69) is 22.5 Å². The third kappa shape index (κ3) is 10.0. The lowest BCUT2D eigenvalue weighted by Gasteiger charge is -2.32. The molecule has 44 heavy (non-hydrogen) atoms. The van der Waals surface area contributed by atoms with E-state index in [0.717, 1.165) is 30.4 Å². The summed E-state index contributed by atoms with van der Waals surface area (Å²) >= 11 is 0. The number of ether oxygens (including phenoxy) is 1. The van der Waals surface area contributed by atoms with Gasteiger partial charge in [0.25, 0.3) is 5.91 Å². The monoisotopic (exact) mass is 609 g/mol. The molecule has 4 atom stereocenters. The molecule has 3 rings (SSSR count). The number of primary amides is 1. The fourth-order valence-electron chi connectivity index (χ4n) is 5.22. The highest BCUT2D eigenvalue weighted by molar-refractivity contribution is 5.92. The highest BCUT2D eigenvalue weighted by Gasteiger charge is 2.41. The van der Waals surface area contributed by atoms with Gasteiger partial charge in [-0.05, 0) is 77.0 Å². The predicted molar refractivity (Wildman–Crippen MR) is 167 cm³/mol. The summed E-state index contributed by atoms with van der Waals surface area (Å²) in [4.78, 5) is 58.1. The minimum absolute atomic E-state index is 0.126. The highest BCUT2D eigenvalue weighted by Crippen LogP contribution is 2.24. The number of esters is 1. The summed E-state index contributed by atoms with van der Waals surface area (Å²) < 4.78 is 5.53. The first-order chi connectivity index (χ1) is 20.8. The number of likely N-dealkylation sites (tertiary alicyclic amines) is 1. The normalized spacial score (nSPS) is 17.0. The quantitative estimate of drug-likeness (QED) is 0.238. The van der Waals surface area contributed by atoms with E-state index in [9.17, 15) is 24.3 Å². The molecule has 1 aliphatic rings. The maximum atomic E-state index is 13.7. The summed E-state index contributed by atoms with van der Waals surface area (Å²) in [6.45, 7) is 9.42. The summed E-state index contributed by atoms with van der Waals surface area (Å²) in [5, 5.41) is 17.3. The number of carbonyl (C=O) groups is 4. The topological polar surface area (TPSA) is 164 Å². The second-order valence-electron chi connectivity index (χ2n) is 12.4. The Balaban J connectivity index is 1.85. The van der Waals surface area contributed by atoms with Crippen LogP contribution in [0.2, 0.25) is 0 Å². The molecule has 2 aromatic rings. The van der Waals surface area contributed by atoms with Crippen LogP contribution in [0.15, 0.2) is 42.6 Å². The van der Waals surface area contributed by atoms with Crippen LogP contribution < -0.4 is 16.4 Å². The minimum atomic E-state index is -1.67. The average Bonchev–Trinajstić information content (AvgIpc) is 3.46. The van der Waals surface area contributed by atoms with Gasteiger partial charge in [-0.15, -0.1) is 0 Å². The smallest absolute Gasteiger partial charge is 0.329 e. The number of rotatable bonds is 14. The zero-order valence-electron chi connectivity index (χ0n) is 26.5. The molecule has 11 nitrogen and oxygen atoms in total. The van der Waals surface area contributed by atoms with Crippen LogP contribution in [0.5, 0.6) is 0 Å². The molecule has 1 aromatic carbocycles. The second kappa shape index (κ2) is 15.7. The molecule has 0 aliphatic carbocycles. The molecule has 1 aromatic heterocycles. The first-order valence-electron chi connectivity index (χ1n) is 15.3. The number of hydrogen-bond acceptors (Lipinski definition) is 8. The molecule has 0 spiro atoms. The number of anilines is 1. The summed E-state index contributed by atoms with van der Waals surface area (Å²) in [6, 6.07) is 8.05. The summed E-state index contributed by atoms with van der Waals surface area (Å²) in [7, 11) is 0. The van der Waals surface area contributed by atoms with Crippen molar-refractivity contribution in [3.05, 3.63) is 59.4 Å². The molecule has 5 N–H and O–H groups in total. The van der Waals surface area contributed by atoms with Crippen LogP contribution in [0.4, 0.5) is 5.69 Å². The molecule has 0 saturated carbocycles. The number of nitrogens with zero attached hydrogens (tertiary/aromatic N) is 2. The number of carbonyl (C=O) groups excluding carboxylic acids is 4. The Bertz CT molecular complexity index is 1300. The number of benzene rings is 1. The first-order valence-corrected chi connectivity index (χ1v) is 15.3. The van der Waals surface area contributed by atoms with Gasteiger partial charge in [0, 0.05) is 12.7 Å². The van der Waals surface area contributed by atoms with Crippen molar-refractivity contribution >= 4 is 29.4 Å². The Morgan fingerprint density at radius 2 is 1.86 bits per heavy atom. The van der Waals surface area contributed by atoms with E-state index >= 15 is 0 Å². The molecule has 0 radical (unpaired) electrons. The van der Waals surface area contributed by atoms with Crippen LogP contribution >= 0.6 is 0 Å². The lowest BCUT2D eigenvalue weighted by molar-refractivity contribution is -0.165. The van der Waals surface area contributed by atoms with Gasteiger partial charge in [-0.25, -0.2) is 4.79 Å². The van der Waals surface area contributed by atoms with Gasteiger partial charge in [-0.3, -0.25) is 19.4 Å². The molecule has 0 bridgehead atoms. The van der Waals surface area contributed by atoms with Gasteiger partial charge in [0.05, 0.1) is 23.8 Å². The van der Waals surface area contributed by atoms with Crippen LogP contribution in [-0.2, 0) is 36.8 Å². The molecule has 1 unspecified atom stereocenters. The highest BCUT2D eigenvalue weighted by atomic mass is 16.6. The molecule has 11 heteroatoms. The number of aliphatic hydroxyl groups is 1. The lowest BCUT2D eigenvalue weighted by atomic mass is 9.99. The number of unbranched alkanes of at least 4 members (excludes halogenated alkanes) is 1. The van der Waals surface area contributed by atoms with E-state index < -0.39 is 53.5 Å². The number of amides is 3. The maximum absolute atomic E-state index is 13.7. The van der Waals surface area contributed by atoms with E-state index in [1.165, 1.54) is 4.90 Å². The molecular formula is C33H47N5O6. The number of nitrogens with one attached hydrogen (secondary N) is 2. The Kier molecular flexibility index (Phi) is 12.3. The van der Waals surface area contributed by atoms with Crippen LogP contribution in [0.3, 0.4) is 0 Å². The Hall–Kier alpha value is -3.99. The predicted octanol–water partition coefficient (Wildman–Crippen LogP) is 2.81. The van der Waals surface area contributed by atoms with Gasteiger partial charge in [0.15, 0.2) is 6.10 Å². The number of aliphatic hydroxyl groups excluding tert-OH is 1. The number of nitrogens with two attached hydrogens (primary N) is 1. The van der Waals surface area contributed by atoms with Crippen LogP contribution in [0, 0.1) is 6.92 Å². The van der Waals surface area contributed by atoms with E-state index in [4.69, 9.17) is 10.5 Å². The van der Waals surface area contributed by atoms with Crippen molar-refractivity contribution in [3.8, 4) is 0 Å². The Labute approximate surface area is 259 Å². The van der Waals surface area contributed by atoms with Gasteiger partial charge in [0.2, 0.25) is 11.8 Å². The summed E-state index contributed by atoms with van der Waals surface area (Å²) in [6.07, 6.45) is 3.74. The van der Waals surface area contributed by atoms with Crippen molar-refractivity contribution in [2.45, 2.75) is 109 Å². The molecule has 3 amide bonds. The second-order valence-corrected chi connectivity index (χ2v) is 12.4. The van der Waals surface area contributed by atoms with E-state index in [-0.39, 0.29) is 19.4 Å². The molecule has 1 fully saturated rings. The largest absolute Gasteiger partial charge is 0.458 e. The van der Waals surface area contributed by atoms with E-state index in [1.807, 2.05) is 36.4 Å². The fraction of sp³-hybridized carbons (Fsp3) is 0.545. The van der Waals surface area contributed by atoms with Gasteiger partial charge in [-0.1, -0.05) is 43.7 Å². The van der Waals surface area contributed by atoms with Crippen molar-refractivity contribution in [1.82, 2.24) is 15.2 Å². The van der Waals surface area contributed by atoms with Gasteiger partial charge in [0.1, 0.15) is 17.7 Å². The van der Waals surface area contributed by atoms with Crippen molar-refractivity contribution < 1.29 is 29.0 Å². The van der Waals surface area contributed by atoms with E-state index in [1.54, 1.807) is 33.9 Å². The molecule has 240 valence electrons. The van der Waals surface area contributed by atoms with Crippen molar-refractivity contribution in [1.29, 1.82) is 0 Å². The standard InChI is InChI=1S/C33H47N5O6/c1-6-7-12-23-18-24(21(2)35-20-23)36-26(19-28(34)39)30(41)37-25(17-22-13-9-8-10-14-22)29(40)31(42)38-16-11-15-27(38)32(43)44-33(3,4)5/h8-10,13-14,18,20,25-27,29,36,40H,6-7,11-12,15-17,19H2,1-5H3,(H2,34,39)(H,37,41)/t25-,26-,27-,29?/m0/s1.